The van der Waals surface area contributed by atoms with Crippen LogP contribution in [-0.2, 0) is 6.42 Å². The van der Waals surface area contributed by atoms with Crippen LogP contribution in [0.2, 0.25) is 0 Å². The summed E-state index contributed by atoms with van der Waals surface area (Å²) < 4.78 is 4.12. The molecule has 0 saturated heterocycles. The average molecular weight is 223 g/mol. The summed E-state index contributed by atoms with van der Waals surface area (Å²) in [4.78, 5) is 5.94. The molecule has 0 aromatic carbocycles. The molecule has 1 aliphatic heterocycles. The summed E-state index contributed by atoms with van der Waals surface area (Å²) in [6.07, 6.45) is 5.37. The van der Waals surface area contributed by atoms with Crippen LogP contribution < -0.4 is 5.32 Å². The number of rotatable bonds is 3. The van der Waals surface area contributed by atoms with Crippen LogP contribution in [0, 0.1) is 5.92 Å². The molecule has 1 N–H and O–H groups in total. The molecule has 2 heterocycles. The van der Waals surface area contributed by atoms with Crippen molar-refractivity contribution in [1.82, 2.24) is 9.69 Å². The van der Waals surface area contributed by atoms with Crippen molar-refractivity contribution in [3.05, 3.63) is 17.1 Å². The molecule has 15 heavy (non-hydrogen) atoms. The molecule has 1 atom stereocenters. The van der Waals surface area contributed by atoms with Gasteiger partial charge in [0.25, 0.3) is 0 Å². The summed E-state index contributed by atoms with van der Waals surface area (Å²) in [6.45, 7) is 4.29. The number of nitrogens with one attached hydrogen (secondary N) is 1. The Labute approximate surface area is 94.8 Å². The van der Waals surface area contributed by atoms with Crippen LogP contribution in [0.3, 0.4) is 0 Å². The largest absolute Gasteiger partial charge is 0.374 e. The first kappa shape index (κ1) is 10.6. The maximum Gasteiger partial charge on any atom is 0.0995 e. The van der Waals surface area contributed by atoms with Crippen molar-refractivity contribution in [1.29, 1.82) is 0 Å². The molecule has 4 heteroatoms. The summed E-state index contributed by atoms with van der Waals surface area (Å²) in [7, 11) is 0. The van der Waals surface area contributed by atoms with E-state index >= 15 is 0 Å². The standard InChI is InChI=1S/C11H17N3S/c1-9(8-10-4-7-14-15-10)11-12-5-2-3-6-13-11/h4,7,9H,2-3,5-6,8H2,1H3,(H,12,13)/t9-/m0/s1. The fraction of sp³-hybridized carbons (Fsp3) is 0.636. The minimum Gasteiger partial charge on any atom is -0.374 e. The number of aromatic nitrogens is 1. The smallest absolute Gasteiger partial charge is 0.0995 e. The average Bonchev–Trinajstić information content (AvgIpc) is 2.58. The topological polar surface area (TPSA) is 37.3 Å². The van der Waals surface area contributed by atoms with Crippen molar-refractivity contribution >= 4 is 17.4 Å². The Morgan fingerprint density at radius 2 is 2.47 bits per heavy atom. The lowest BCUT2D eigenvalue weighted by Crippen LogP contribution is -2.30. The Kier molecular flexibility index (Phi) is 3.72. The van der Waals surface area contributed by atoms with Crippen LogP contribution in [0.15, 0.2) is 17.3 Å². The van der Waals surface area contributed by atoms with Crippen molar-refractivity contribution in [2.24, 2.45) is 10.9 Å². The zero-order chi connectivity index (χ0) is 10.5. The predicted molar refractivity (Wildman–Crippen MR) is 64.5 cm³/mol. The molecule has 0 bridgehead atoms. The van der Waals surface area contributed by atoms with Crippen molar-refractivity contribution in [2.75, 3.05) is 13.1 Å². The van der Waals surface area contributed by atoms with Crippen LogP contribution >= 0.6 is 11.5 Å². The van der Waals surface area contributed by atoms with Crippen molar-refractivity contribution in [2.45, 2.75) is 26.2 Å². The Balaban J connectivity index is 1.94. The highest BCUT2D eigenvalue weighted by atomic mass is 32.1. The summed E-state index contributed by atoms with van der Waals surface area (Å²) >= 11 is 1.59. The van der Waals surface area contributed by atoms with Crippen LogP contribution in [0.4, 0.5) is 0 Å². The van der Waals surface area contributed by atoms with Crippen LogP contribution in [0.1, 0.15) is 24.6 Å². The van der Waals surface area contributed by atoms with E-state index in [4.69, 9.17) is 0 Å². The van der Waals surface area contributed by atoms with Crippen molar-refractivity contribution in [3.63, 3.8) is 0 Å². The second kappa shape index (κ2) is 5.26. The van der Waals surface area contributed by atoms with Gasteiger partial charge in [0.05, 0.1) is 5.84 Å². The molecule has 0 unspecified atom stereocenters. The SMILES string of the molecule is C[C@@H](Cc1ccns1)C1=NCCCCN1. The lowest BCUT2D eigenvalue weighted by Gasteiger charge is -2.13. The minimum atomic E-state index is 0.489. The molecule has 1 aromatic rings. The highest BCUT2D eigenvalue weighted by molar-refractivity contribution is 7.05. The molecule has 0 amide bonds. The number of nitrogens with zero attached hydrogens (tertiary/aromatic N) is 2. The first-order chi connectivity index (χ1) is 7.36. The lowest BCUT2D eigenvalue weighted by atomic mass is 10.1. The van der Waals surface area contributed by atoms with Gasteiger partial charge in [-0.1, -0.05) is 6.92 Å². The monoisotopic (exact) mass is 223 g/mol. The van der Waals surface area contributed by atoms with Gasteiger partial charge >= 0.3 is 0 Å². The summed E-state index contributed by atoms with van der Waals surface area (Å²) in [5.74, 6) is 1.67. The molecule has 0 radical (unpaired) electrons. The van der Waals surface area contributed by atoms with Gasteiger partial charge in [-0.05, 0) is 36.9 Å². The molecular formula is C11H17N3S. The molecule has 0 saturated carbocycles. The summed E-state index contributed by atoms with van der Waals surface area (Å²) in [5, 5.41) is 3.43. The van der Waals surface area contributed by atoms with E-state index in [-0.39, 0.29) is 0 Å². The fourth-order valence-electron chi connectivity index (χ4n) is 1.78. The number of amidine groups is 1. The van der Waals surface area contributed by atoms with Gasteiger partial charge in [-0.3, -0.25) is 4.99 Å². The number of hydrogen-bond acceptors (Lipinski definition) is 4. The lowest BCUT2D eigenvalue weighted by molar-refractivity contribution is 0.714. The second-order valence-electron chi connectivity index (χ2n) is 3.98. The summed E-state index contributed by atoms with van der Waals surface area (Å²) in [6, 6.07) is 2.10. The van der Waals surface area contributed by atoms with Crippen LogP contribution in [0.25, 0.3) is 0 Å². The molecule has 1 aliphatic rings. The van der Waals surface area contributed by atoms with Crippen LogP contribution in [0.5, 0.6) is 0 Å². The Bertz CT molecular complexity index is 319. The normalized spacial score (nSPS) is 18.9. The van der Waals surface area contributed by atoms with Gasteiger partial charge in [-0.25, -0.2) is 4.37 Å². The van der Waals surface area contributed by atoms with Gasteiger partial charge in [-0.15, -0.1) is 0 Å². The van der Waals surface area contributed by atoms with Crippen LogP contribution in [-0.4, -0.2) is 23.3 Å². The second-order valence-corrected chi connectivity index (χ2v) is 4.90. The van der Waals surface area contributed by atoms with Gasteiger partial charge in [0, 0.05) is 30.1 Å². The van der Waals surface area contributed by atoms with E-state index in [1.165, 1.54) is 23.6 Å². The van der Waals surface area contributed by atoms with Crippen molar-refractivity contribution < 1.29 is 0 Å². The third kappa shape index (κ3) is 3.02. The predicted octanol–water partition coefficient (Wildman–Crippen LogP) is 2.10. The molecule has 0 spiro atoms. The van der Waals surface area contributed by atoms with E-state index in [0.717, 1.165) is 19.5 Å². The maximum absolute atomic E-state index is 4.59. The van der Waals surface area contributed by atoms with Gasteiger partial charge in [0.15, 0.2) is 0 Å². The molecule has 1 aromatic heterocycles. The van der Waals surface area contributed by atoms with E-state index < -0.39 is 0 Å². The Morgan fingerprint density at radius 3 is 3.27 bits per heavy atom. The first-order valence-electron chi connectivity index (χ1n) is 5.54. The van der Waals surface area contributed by atoms with Gasteiger partial charge in [-0.2, -0.15) is 0 Å². The molecule has 0 fully saturated rings. The third-order valence-electron chi connectivity index (χ3n) is 2.64. The van der Waals surface area contributed by atoms with Gasteiger partial charge in [0.1, 0.15) is 0 Å². The minimum absolute atomic E-state index is 0.489. The molecule has 3 nitrogen and oxygen atoms in total. The van der Waals surface area contributed by atoms with Gasteiger partial charge < -0.3 is 5.32 Å². The maximum atomic E-state index is 4.59. The molecule has 2 rings (SSSR count). The Hall–Kier alpha value is -0.900. The molecule has 82 valence electrons. The quantitative estimate of drug-likeness (QED) is 0.852. The fourth-order valence-corrected chi connectivity index (χ4v) is 2.49. The first-order valence-corrected chi connectivity index (χ1v) is 6.31. The van der Waals surface area contributed by atoms with Gasteiger partial charge in [0.2, 0.25) is 0 Å². The number of hydrogen-bond donors (Lipinski definition) is 1. The Morgan fingerprint density at radius 1 is 1.53 bits per heavy atom. The molecule has 0 aliphatic carbocycles. The highest BCUT2D eigenvalue weighted by Crippen LogP contribution is 2.13. The number of aliphatic imine (C=N–C) groups is 1. The van der Waals surface area contributed by atoms with E-state index in [9.17, 15) is 0 Å². The third-order valence-corrected chi connectivity index (χ3v) is 3.40. The zero-order valence-corrected chi connectivity index (χ0v) is 9.89. The van der Waals surface area contributed by atoms with E-state index in [1.54, 1.807) is 11.5 Å². The van der Waals surface area contributed by atoms with Crippen molar-refractivity contribution in [3.8, 4) is 0 Å². The van der Waals surface area contributed by atoms with E-state index in [1.807, 2.05) is 6.20 Å². The van der Waals surface area contributed by atoms with E-state index in [0.29, 0.717) is 5.92 Å². The highest BCUT2D eigenvalue weighted by Gasteiger charge is 2.13. The van der Waals surface area contributed by atoms with E-state index in [2.05, 4.69) is 27.7 Å². The molecular weight excluding hydrogens is 206 g/mol. The summed E-state index contributed by atoms with van der Waals surface area (Å²) in [5.41, 5.74) is 0. The zero-order valence-electron chi connectivity index (χ0n) is 9.07.